The third-order valence-electron chi connectivity index (χ3n) is 4.77. The van der Waals surface area contributed by atoms with Crippen LogP contribution in [0.2, 0.25) is 0 Å². The van der Waals surface area contributed by atoms with Gasteiger partial charge >= 0.3 is 0 Å². The molecule has 2 aromatic rings. The van der Waals surface area contributed by atoms with E-state index in [0.717, 1.165) is 37.1 Å². The third-order valence-corrected chi connectivity index (χ3v) is 5.69. The van der Waals surface area contributed by atoms with Crippen LogP contribution in [0.1, 0.15) is 24.0 Å². The SMILES string of the molecule is Cc1cccc(NC(=O)CSCC(=O)N2CCC[C@@H]2Cc2ccccc2)c1. The van der Waals surface area contributed by atoms with Gasteiger partial charge in [0.25, 0.3) is 0 Å². The van der Waals surface area contributed by atoms with Crippen molar-refractivity contribution in [3.8, 4) is 0 Å². The van der Waals surface area contributed by atoms with Crippen LogP contribution in [0.15, 0.2) is 54.6 Å². The minimum Gasteiger partial charge on any atom is -0.339 e. The Kier molecular flexibility index (Phi) is 6.93. The second kappa shape index (κ2) is 9.60. The highest BCUT2D eigenvalue weighted by Crippen LogP contribution is 2.22. The van der Waals surface area contributed by atoms with Gasteiger partial charge in [0, 0.05) is 18.3 Å². The fraction of sp³-hybridized carbons (Fsp3) is 0.364. The Morgan fingerprint density at radius 1 is 1.11 bits per heavy atom. The molecule has 1 atom stereocenters. The first-order valence-corrected chi connectivity index (χ1v) is 10.5. The van der Waals surface area contributed by atoms with Gasteiger partial charge in [0.05, 0.1) is 11.5 Å². The summed E-state index contributed by atoms with van der Waals surface area (Å²) in [6, 6.07) is 18.3. The van der Waals surface area contributed by atoms with Crippen LogP contribution in [0, 0.1) is 6.92 Å². The summed E-state index contributed by atoms with van der Waals surface area (Å²) >= 11 is 1.38. The van der Waals surface area contributed by atoms with Crippen molar-refractivity contribution in [2.24, 2.45) is 0 Å². The number of likely N-dealkylation sites (tertiary alicyclic amines) is 1. The van der Waals surface area contributed by atoms with E-state index in [2.05, 4.69) is 17.4 Å². The summed E-state index contributed by atoms with van der Waals surface area (Å²) in [7, 11) is 0. The van der Waals surface area contributed by atoms with Crippen molar-refractivity contribution >= 4 is 29.3 Å². The zero-order valence-electron chi connectivity index (χ0n) is 15.7. The second-order valence-corrected chi connectivity index (χ2v) is 7.97. The standard InChI is InChI=1S/C22H26N2O2S/c1-17-7-5-10-19(13-17)23-21(25)15-27-16-22(26)24-12-6-11-20(24)14-18-8-3-2-4-9-18/h2-5,7-10,13,20H,6,11-12,14-16H2,1H3,(H,23,25)/t20-/m1/s1. The monoisotopic (exact) mass is 382 g/mol. The molecule has 0 spiro atoms. The largest absolute Gasteiger partial charge is 0.339 e. The Hall–Kier alpha value is -2.27. The van der Waals surface area contributed by atoms with E-state index in [9.17, 15) is 9.59 Å². The third kappa shape index (κ3) is 5.86. The summed E-state index contributed by atoms with van der Waals surface area (Å²) in [5.41, 5.74) is 3.18. The van der Waals surface area contributed by atoms with Gasteiger partial charge in [-0.3, -0.25) is 9.59 Å². The lowest BCUT2D eigenvalue weighted by molar-refractivity contribution is -0.129. The quantitative estimate of drug-likeness (QED) is 0.790. The zero-order valence-corrected chi connectivity index (χ0v) is 16.5. The van der Waals surface area contributed by atoms with Gasteiger partial charge in [-0.25, -0.2) is 0 Å². The van der Waals surface area contributed by atoms with E-state index in [1.165, 1.54) is 17.3 Å². The van der Waals surface area contributed by atoms with E-state index in [1.54, 1.807) is 0 Å². The Morgan fingerprint density at radius 2 is 1.93 bits per heavy atom. The molecule has 1 aliphatic heterocycles. The molecule has 0 saturated carbocycles. The van der Waals surface area contributed by atoms with Crippen molar-refractivity contribution in [1.82, 2.24) is 4.90 Å². The van der Waals surface area contributed by atoms with E-state index in [1.807, 2.05) is 54.3 Å². The molecule has 0 bridgehead atoms. The number of anilines is 1. The molecule has 1 saturated heterocycles. The molecule has 3 rings (SSSR count). The lowest BCUT2D eigenvalue weighted by Crippen LogP contribution is -2.38. The smallest absolute Gasteiger partial charge is 0.234 e. The number of rotatable bonds is 7. The molecule has 1 heterocycles. The molecule has 1 aliphatic rings. The molecule has 0 radical (unpaired) electrons. The van der Waals surface area contributed by atoms with Crippen LogP contribution in [0.4, 0.5) is 5.69 Å². The number of thioether (sulfide) groups is 1. The van der Waals surface area contributed by atoms with E-state index >= 15 is 0 Å². The highest BCUT2D eigenvalue weighted by molar-refractivity contribution is 8.00. The number of nitrogens with one attached hydrogen (secondary N) is 1. The maximum absolute atomic E-state index is 12.6. The predicted molar refractivity (Wildman–Crippen MR) is 112 cm³/mol. The van der Waals surface area contributed by atoms with Gasteiger partial charge in [0.1, 0.15) is 0 Å². The van der Waals surface area contributed by atoms with Crippen molar-refractivity contribution < 1.29 is 9.59 Å². The second-order valence-electron chi connectivity index (χ2n) is 6.98. The Bertz CT molecular complexity index is 779. The van der Waals surface area contributed by atoms with Crippen molar-refractivity contribution in [2.75, 3.05) is 23.4 Å². The highest BCUT2D eigenvalue weighted by Gasteiger charge is 2.28. The number of hydrogen-bond acceptors (Lipinski definition) is 3. The van der Waals surface area contributed by atoms with Crippen LogP contribution in [-0.2, 0) is 16.0 Å². The summed E-state index contributed by atoms with van der Waals surface area (Å²) in [6.07, 6.45) is 3.02. The molecule has 142 valence electrons. The molecular weight excluding hydrogens is 356 g/mol. The van der Waals surface area contributed by atoms with Crippen molar-refractivity contribution in [3.63, 3.8) is 0 Å². The summed E-state index contributed by atoms with van der Waals surface area (Å²) in [5.74, 6) is 0.714. The molecule has 0 aliphatic carbocycles. The van der Waals surface area contributed by atoms with Crippen LogP contribution < -0.4 is 5.32 Å². The van der Waals surface area contributed by atoms with Gasteiger partial charge in [-0.05, 0) is 49.4 Å². The van der Waals surface area contributed by atoms with Crippen LogP contribution in [-0.4, -0.2) is 40.8 Å². The van der Waals surface area contributed by atoms with Gasteiger partial charge in [-0.2, -0.15) is 0 Å². The molecule has 1 fully saturated rings. The summed E-state index contributed by atoms with van der Waals surface area (Å²) in [6.45, 7) is 2.82. The number of aryl methyl sites for hydroxylation is 1. The van der Waals surface area contributed by atoms with Crippen molar-refractivity contribution in [1.29, 1.82) is 0 Å². The molecule has 0 unspecified atom stereocenters. The van der Waals surface area contributed by atoms with Crippen LogP contribution in [0.25, 0.3) is 0 Å². The van der Waals surface area contributed by atoms with Crippen molar-refractivity contribution in [2.45, 2.75) is 32.2 Å². The molecule has 2 amide bonds. The molecule has 1 N–H and O–H groups in total. The molecule has 5 heteroatoms. The average molecular weight is 383 g/mol. The van der Waals surface area contributed by atoms with Gasteiger partial charge in [0.2, 0.25) is 11.8 Å². The van der Waals surface area contributed by atoms with E-state index < -0.39 is 0 Å². The van der Waals surface area contributed by atoms with Crippen LogP contribution in [0.3, 0.4) is 0 Å². The predicted octanol–water partition coefficient (Wildman–Crippen LogP) is 3.90. The number of carbonyl (C=O) groups excluding carboxylic acids is 2. The molecule has 0 aromatic heterocycles. The minimum absolute atomic E-state index is 0.0688. The van der Waals surface area contributed by atoms with Gasteiger partial charge in [0.15, 0.2) is 0 Å². The first kappa shape index (κ1) is 19.5. The lowest BCUT2D eigenvalue weighted by atomic mass is 10.0. The number of hydrogen-bond donors (Lipinski definition) is 1. The van der Waals surface area contributed by atoms with E-state index in [-0.39, 0.29) is 23.6 Å². The number of amides is 2. The maximum atomic E-state index is 12.6. The van der Waals surface area contributed by atoms with Gasteiger partial charge < -0.3 is 10.2 Å². The minimum atomic E-state index is -0.0688. The fourth-order valence-electron chi connectivity index (χ4n) is 3.50. The Labute approximate surface area is 165 Å². The maximum Gasteiger partial charge on any atom is 0.234 e. The topological polar surface area (TPSA) is 49.4 Å². The van der Waals surface area contributed by atoms with Gasteiger partial charge in [-0.15, -0.1) is 11.8 Å². The molecule has 2 aromatic carbocycles. The molecular formula is C22H26N2O2S. The van der Waals surface area contributed by atoms with Crippen molar-refractivity contribution in [3.05, 3.63) is 65.7 Å². The number of benzene rings is 2. The normalized spacial score (nSPS) is 16.3. The van der Waals surface area contributed by atoms with Gasteiger partial charge in [-0.1, -0.05) is 42.5 Å². The number of carbonyl (C=O) groups is 2. The summed E-state index contributed by atoms with van der Waals surface area (Å²) < 4.78 is 0. The number of nitrogens with zero attached hydrogens (tertiary/aromatic N) is 1. The highest BCUT2D eigenvalue weighted by atomic mass is 32.2. The molecule has 27 heavy (non-hydrogen) atoms. The summed E-state index contributed by atoms with van der Waals surface area (Å²) in [4.78, 5) is 26.7. The molecule has 4 nitrogen and oxygen atoms in total. The van der Waals surface area contributed by atoms with Crippen LogP contribution >= 0.6 is 11.8 Å². The summed E-state index contributed by atoms with van der Waals surface area (Å²) in [5, 5.41) is 2.88. The first-order valence-electron chi connectivity index (χ1n) is 9.39. The fourth-order valence-corrected chi connectivity index (χ4v) is 4.20. The average Bonchev–Trinajstić information content (AvgIpc) is 3.10. The first-order chi connectivity index (χ1) is 13.1. The Balaban J connectivity index is 1.43. The van der Waals surface area contributed by atoms with E-state index in [4.69, 9.17) is 0 Å². The lowest BCUT2D eigenvalue weighted by Gasteiger charge is -2.24. The van der Waals surface area contributed by atoms with Crippen LogP contribution in [0.5, 0.6) is 0 Å². The zero-order chi connectivity index (χ0) is 19.1. The Morgan fingerprint density at radius 3 is 2.70 bits per heavy atom. The van der Waals surface area contributed by atoms with E-state index in [0.29, 0.717) is 5.75 Å².